The zero-order valence-electron chi connectivity index (χ0n) is 13.8. The van der Waals surface area contributed by atoms with Crippen LogP contribution in [0, 0.1) is 6.92 Å². The quantitative estimate of drug-likeness (QED) is 0.740. The van der Waals surface area contributed by atoms with Gasteiger partial charge in [0.25, 0.3) is 11.8 Å². The van der Waals surface area contributed by atoms with E-state index in [2.05, 4.69) is 10.6 Å². The number of anilines is 2. The molecule has 0 bridgehead atoms. The Bertz CT molecular complexity index is 890. The van der Waals surface area contributed by atoms with Crippen LogP contribution in [0.25, 0.3) is 0 Å². The molecule has 3 aromatic carbocycles. The SMILES string of the molecule is Cc1ccc(NC(=O)c2ccccc2)cc1NC(=O)c1ccccc1. The second-order valence-electron chi connectivity index (χ2n) is 5.67. The highest BCUT2D eigenvalue weighted by molar-refractivity contribution is 6.06. The maximum absolute atomic E-state index is 12.3. The second kappa shape index (κ2) is 7.45. The van der Waals surface area contributed by atoms with E-state index in [4.69, 9.17) is 0 Å². The summed E-state index contributed by atoms with van der Waals surface area (Å²) in [7, 11) is 0. The summed E-state index contributed by atoms with van der Waals surface area (Å²) < 4.78 is 0. The minimum atomic E-state index is -0.190. The first kappa shape index (κ1) is 16.5. The monoisotopic (exact) mass is 330 g/mol. The topological polar surface area (TPSA) is 58.2 Å². The molecule has 0 aliphatic rings. The van der Waals surface area contributed by atoms with Gasteiger partial charge in [0.1, 0.15) is 0 Å². The van der Waals surface area contributed by atoms with Crippen molar-refractivity contribution in [2.75, 3.05) is 10.6 Å². The largest absolute Gasteiger partial charge is 0.322 e. The Morgan fingerprint density at radius 3 is 1.76 bits per heavy atom. The summed E-state index contributed by atoms with van der Waals surface area (Å²) in [5, 5.41) is 5.74. The van der Waals surface area contributed by atoms with Gasteiger partial charge in [0, 0.05) is 22.5 Å². The van der Waals surface area contributed by atoms with E-state index < -0.39 is 0 Å². The van der Waals surface area contributed by atoms with E-state index in [1.807, 2.05) is 55.5 Å². The van der Waals surface area contributed by atoms with Crippen LogP contribution in [0.5, 0.6) is 0 Å². The molecule has 4 nitrogen and oxygen atoms in total. The van der Waals surface area contributed by atoms with Crippen molar-refractivity contribution in [1.82, 2.24) is 0 Å². The summed E-state index contributed by atoms with van der Waals surface area (Å²) in [6.45, 7) is 1.91. The number of hydrogen-bond acceptors (Lipinski definition) is 2. The zero-order chi connectivity index (χ0) is 17.6. The van der Waals surface area contributed by atoms with E-state index in [0.717, 1.165) is 5.56 Å². The number of nitrogens with one attached hydrogen (secondary N) is 2. The third kappa shape index (κ3) is 4.12. The number of carbonyl (C=O) groups is 2. The van der Waals surface area contributed by atoms with Crippen molar-refractivity contribution in [3.8, 4) is 0 Å². The molecule has 2 amide bonds. The predicted molar refractivity (Wildman–Crippen MR) is 100.0 cm³/mol. The number of carbonyl (C=O) groups excluding carboxylic acids is 2. The lowest BCUT2D eigenvalue weighted by atomic mass is 10.1. The van der Waals surface area contributed by atoms with Crippen LogP contribution in [0.4, 0.5) is 11.4 Å². The van der Waals surface area contributed by atoms with Gasteiger partial charge in [-0.2, -0.15) is 0 Å². The number of rotatable bonds is 4. The molecule has 3 rings (SSSR count). The maximum Gasteiger partial charge on any atom is 0.255 e. The molecule has 124 valence electrons. The molecule has 0 saturated carbocycles. The van der Waals surface area contributed by atoms with Gasteiger partial charge in [-0.1, -0.05) is 42.5 Å². The molecule has 0 saturated heterocycles. The van der Waals surface area contributed by atoms with Crippen molar-refractivity contribution >= 4 is 23.2 Å². The Morgan fingerprint density at radius 2 is 1.20 bits per heavy atom. The van der Waals surface area contributed by atoms with Crippen molar-refractivity contribution < 1.29 is 9.59 Å². The van der Waals surface area contributed by atoms with Gasteiger partial charge in [-0.05, 0) is 48.9 Å². The Kier molecular flexibility index (Phi) is 4.90. The molecular weight excluding hydrogens is 312 g/mol. The number of benzene rings is 3. The molecule has 0 aliphatic carbocycles. The Hall–Kier alpha value is -3.40. The third-order valence-electron chi connectivity index (χ3n) is 3.82. The van der Waals surface area contributed by atoms with Crippen molar-refractivity contribution in [1.29, 1.82) is 0 Å². The summed E-state index contributed by atoms with van der Waals surface area (Å²) in [4.78, 5) is 24.6. The van der Waals surface area contributed by atoms with Gasteiger partial charge in [0.15, 0.2) is 0 Å². The average Bonchev–Trinajstić information content (AvgIpc) is 2.66. The summed E-state index contributed by atoms with van der Waals surface area (Å²) in [6.07, 6.45) is 0. The van der Waals surface area contributed by atoms with Crippen LogP contribution in [-0.2, 0) is 0 Å². The van der Waals surface area contributed by atoms with E-state index in [-0.39, 0.29) is 11.8 Å². The fraction of sp³-hybridized carbons (Fsp3) is 0.0476. The molecule has 0 spiro atoms. The Labute approximate surface area is 146 Å². The minimum absolute atomic E-state index is 0.185. The third-order valence-corrected chi connectivity index (χ3v) is 3.82. The van der Waals surface area contributed by atoms with E-state index >= 15 is 0 Å². The fourth-order valence-electron chi connectivity index (χ4n) is 2.41. The number of amides is 2. The minimum Gasteiger partial charge on any atom is -0.322 e. The molecule has 0 heterocycles. The normalized spacial score (nSPS) is 10.1. The van der Waals surface area contributed by atoms with Gasteiger partial charge in [-0.15, -0.1) is 0 Å². The van der Waals surface area contributed by atoms with Crippen LogP contribution in [0.3, 0.4) is 0 Å². The molecule has 0 aliphatic heterocycles. The lowest BCUT2D eigenvalue weighted by Gasteiger charge is -2.12. The maximum atomic E-state index is 12.3. The molecule has 3 aromatic rings. The molecule has 0 atom stereocenters. The summed E-state index contributed by atoms with van der Waals surface area (Å²) in [5.74, 6) is -0.375. The van der Waals surface area contributed by atoms with Gasteiger partial charge >= 0.3 is 0 Å². The van der Waals surface area contributed by atoms with Crippen LogP contribution in [0.1, 0.15) is 26.3 Å². The fourth-order valence-corrected chi connectivity index (χ4v) is 2.41. The van der Waals surface area contributed by atoms with E-state index in [1.54, 1.807) is 30.3 Å². The first-order valence-corrected chi connectivity index (χ1v) is 7.97. The van der Waals surface area contributed by atoms with Gasteiger partial charge in [0.2, 0.25) is 0 Å². The first-order chi connectivity index (χ1) is 12.1. The van der Waals surface area contributed by atoms with Crippen molar-refractivity contribution in [3.63, 3.8) is 0 Å². The predicted octanol–water partition coefficient (Wildman–Crippen LogP) is 4.50. The number of hydrogen-bond donors (Lipinski definition) is 2. The van der Waals surface area contributed by atoms with Crippen LogP contribution < -0.4 is 10.6 Å². The van der Waals surface area contributed by atoms with Crippen LogP contribution in [0.15, 0.2) is 78.9 Å². The zero-order valence-corrected chi connectivity index (χ0v) is 13.8. The van der Waals surface area contributed by atoms with Gasteiger partial charge < -0.3 is 10.6 Å². The second-order valence-corrected chi connectivity index (χ2v) is 5.67. The lowest BCUT2D eigenvalue weighted by Crippen LogP contribution is -2.14. The standard InChI is InChI=1S/C21H18N2O2/c1-15-12-13-18(22-20(24)16-8-4-2-5-9-16)14-19(15)23-21(25)17-10-6-3-7-11-17/h2-14H,1H3,(H,22,24)(H,23,25). The summed E-state index contributed by atoms with van der Waals surface area (Å²) in [6, 6.07) is 23.4. The average molecular weight is 330 g/mol. The van der Waals surface area contributed by atoms with Gasteiger partial charge in [0.05, 0.1) is 0 Å². The first-order valence-electron chi connectivity index (χ1n) is 7.97. The molecular formula is C21H18N2O2. The summed E-state index contributed by atoms with van der Waals surface area (Å²) >= 11 is 0. The molecule has 2 N–H and O–H groups in total. The van der Waals surface area contributed by atoms with Crippen molar-refractivity contribution in [2.45, 2.75) is 6.92 Å². The van der Waals surface area contributed by atoms with E-state index in [9.17, 15) is 9.59 Å². The van der Waals surface area contributed by atoms with Crippen molar-refractivity contribution in [2.24, 2.45) is 0 Å². The highest BCUT2D eigenvalue weighted by atomic mass is 16.2. The van der Waals surface area contributed by atoms with E-state index in [1.165, 1.54) is 0 Å². The van der Waals surface area contributed by atoms with Crippen LogP contribution in [-0.4, -0.2) is 11.8 Å². The Morgan fingerprint density at radius 1 is 0.680 bits per heavy atom. The van der Waals surface area contributed by atoms with E-state index in [0.29, 0.717) is 22.5 Å². The molecule has 4 heteroatoms. The van der Waals surface area contributed by atoms with Crippen molar-refractivity contribution in [3.05, 3.63) is 95.6 Å². The molecule has 0 radical (unpaired) electrons. The Balaban J connectivity index is 1.76. The molecule has 0 fully saturated rings. The van der Waals surface area contributed by atoms with Gasteiger partial charge in [-0.3, -0.25) is 9.59 Å². The lowest BCUT2D eigenvalue weighted by molar-refractivity contribution is 0.101. The summed E-state index contributed by atoms with van der Waals surface area (Å²) in [5.41, 5.74) is 3.38. The highest BCUT2D eigenvalue weighted by Gasteiger charge is 2.10. The molecule has 0 aromatic heterocycles. The van der Waals surface area contributed by atoms with Crippen LogP contribution >= 0.6 is 0 Å². The number of aryl methyl sites for hydroxylation is 1. The van der Waals surface area contributed by atoms with Gasteiger partial charge in [-0.25, -0.2) is 0 Å². The van der Waals surface area contributed by atoms with Crippen LogP contribution in [0.2, 0.25) is 0 Å². The molecule has 25 heavy (non-hydrogen) atoms. The molecule has 0 unspecified atom stereocenters. The highest BCUT2D eigenvalue weighted by Crippen LogP contribution is 2.21. The smallest absolute Gasteiger partial charge is 0.255 e.